The Labute approximate surface area is 155 Å². The first kappa shape index (κ1) is 17.1. The minimum Gasteiger partial charge on any atom is -0.490 e. The lowest BCUT2D eigenvalue weighted by Crippen LogP contribution is -2.51. The number of amides is 1. The fourth-order valence-corrected chi connectivity index (χ4v) is 3.90. The highest BCUT2D eigenvalue weighted by Crippen LogP contribution is 2.30. The van der Waals surface area contributed by atoms with Crippen LogP contribution in [0.4, 0.5) is 0 Å². The summed E-state index contributed by atoms with van der Waals surface area (Å²) in [6.07, 6.45) is 1.97. The summed E-state index contributed by atoms with van der Waals surface area (Å²) in [5, 5.41) is 6.60. The van der Waals surface area contributed by atoms with E-state index in [9.17, 15) is 4.79 Å². The number of hydrogen-bond acceptors (Lipinski definition) is 3. The third-order valence-corrected chi connectivity index (χ3v) is 5.54. The van der Waals surface area contributed by atoms with Gasteiger partial charge in [-0.15, -0.1) is 0 Å². The minimum atomic E-state index is 0.00877. The Morgan fingerprint density at radius 1 is 1.04 bits per heavy atom. The predicted molar refractivity (Wildman–Crippen MR) is 102 cm³/mol. The first-order valence-corrected chi connectivity index (χ1v) is 9.48. The van der Waals surface area contributed by atoms with Crippen LogP contribution < -0.4 is 15.4 Å². The zero-order valence-electron chi connectivity index (χ0n) is 15.2. The van der Waals surface area contributed by atoms with Crippen molar-refractivity contribution in [3.05, 3.63) is 65.7 Å². The molecule has 2 aromatic rings. The summed E-state index contributed by atoms with van der Waals surface area (Å²) < 4.78 is 5.97. The van der Waals surface area contributed by atoms with Crippen molar-refractivity contribution < 1.29 is 9.53 Å². The topological polar surface area (TPSA) is 50.4 Å². The van der Waals surface area contributed by atoms with Gasteiger partial charge < -0.3 is 15.4 Å². The molecule has 0 radical (unpaired) electrons. The average Bonchev–Trinajstić information content (AvgIpc) is 3.12. The molecule has 2 N–H and O–H groups in total. The maximum absolute atomic E-state index is 12.7. The smallest absolute Gasteiger partial charge is 0.225 e. The molecule has 136 valence electrons. The second-order valence-electron chi connectivity index (χ2n) is 7.51. The Balaban J connectivity index is 1.27. The monoisotopic (exact) mass is 350 g/mol. The van der Waals surface area contributed by atoms with Crippen LogP contribution in [0.1, 0.15) is 29.9 Å². The molecule has 2 aromatic carbocycles. The Morgan fingerprint density at radius 3 is 2.50 bits per heavy atom. The number of rotatable bonds is 5. The van der Waals surface area contributed by atoms with Crippen LogP contribution in [0, 0.1) is 12.8 Å². The first-order valence-electron chi connectivity index (χ1n) is 9.48. The molecule has 2 aliphatic rings. The highest BCUT2D eigenvalue weighted by Gasteiger charge is 2.38. The zero-order valence-corrected chi connectivity index (χ0v) is 15.2. The van der Waals surface area contributed by atoms with E-state index in [2.05, 4.69) is 41.8 Å². The summed E-state index contributed by atoms with van der Waals surface area (Å²) in [6, 6.07) is 18.7. The lowest BCUT2D eigenvalue weighted by Gasteiger charge is -2.36. The Hall–Kier alpha value is -2.33. The van der Waals surface area contributed by atoms with Gasteiger partial charge in [-0.3, -0.25) is 4.79 Å². The number of aryl methyl sites for hydroxylation is 1. The molecule has 1 heterocycles. The Kier molecular flexibility index (Phi) is 4.93. The van der Waals surface area contributed by atoms with Gasteiger partial charge in [0.25, 0.3) is 0 Å². The van der Waals surface area contributed by atoms with Gasteiger partial charge in [0, 0.05) is 37.9 Å². The molecular weight excluding hydrogens is 324 g/mol. The molecule has 0 bridgehead atoms. The van der Waals surface area contributed by atoms with Crippen molar-refractivity contribution in [3.63, 3.8) is 0 Å². The number of ether oxygens (including phenoxy) is 1. The molecule has 4 heteroatoms. The van der Waals surface area contributed by atoms with Crippen molar-refractivity contribution in [3.8, 4) is 5.75 Å². The summed E-state index contributed by atoms with van der Waals surface area (Å²) in [4.78, 5) is 12.7. The fraction of sp³-hybridized carbons (Fsp3) is 0.409. The van der Waals surface area contributed by atoms with Crippen LogP contribution in [-0.4, -0.2) is 31.1 Å². The van der Waals surface area contributed by atoms with Crippen molar-refractivity contribution >= 4 is 5.91 Å². The molecule has 1 aliphatic heterocycles. The number of benzene rings is 2. The average molecular weight is 350 g/mol. The summed E-state index contributed by atoms with van der Waals surface area (Å²) >= 11 is 0. The third kappa shape index (κ3) is 3.75. The standard InChI is InChI=1S/C22H26N2O2/c1-15-7-9-18(10-8-15)26-19-11-17(12-19)24-22(25)21-14-23-13-20(21)16-5-3-2-4-6-16/h2-10,17,19-21,23H,11-14H2,1H3,(H,24,25). The fourth-order valence-electron chi connectivity index (χ4n) is 3.90. The second-order valence-corrected chi connectivity index (χ2v) is 7.51. The number of nitrogens with one attached hydrogen (secondary N) is 2. The summed E-state index contributed by atoms with van der Waals surface area (Å²) in [6.45, 7) is 3.69. The van der Waals surface area contributed by atoms with Gasteiger partial charge in [-0.25, -0.2) is 0 Å². The Morgan fingerprint density at radius 2 is 1.77 bits per heavy atom. The van der Waals surface area contributed by atoms with Crippen LogP contribution in [0.15, 0.2) is 54.6 Å². The first-order chi connectivity index (χ1) is 12.7. The molecule has 1 amide bonds. The van der Waals surface area contributed by atoms with E-state index in [4.69, 9.17) is 4.74 Å². The SMILES string of the molecule is Cc1ccc(OC2CC(NC(=O)C3CNCC3c3ccccc3)C2)cc1. The van der Waals surface area contributed by atoms with Crippen LogP contribution in [-0.2, 0) is 4.79 Å². The van der Waals surface area contributed by atoms with E-state index in [1.54, 1.807) is 0 Å². The molecule has 1 saturated heterocycles. The summed E-state index contributed by atoms with van der Waals surface area (Å²) in [5.74, 6) is 1.35. The van der Waals surface area contributed by atoms with Gasteiger partial charge in [-0.1, -0.05) is 48.0 Å². The normalized spacial score (nSPS) is 27.6. The highest BCUT2D eigenvalue weighted by atomic mass is 16.5. The molecular formula is C22H26N2O2. The molecule has 2 fully saturated rings. The van der Waals surface area contributed by atoms with E-state index < -0.39 is 0 Å². The van der Waals surface area contributed by atoms with Gasteiger partial charge >= 0.3 is 0 Å². The lowest BCUT2D eigenvalue weighted by atomic mass is 9.85. The predicted octanol–water partition coefficient (Wildman–Crippen LogP) is 3.02. The lowest BCUT2D eigenvalue weighted by molar-refractivity contribution is -0.126. The van der Waals surface area contributed by atoms with E-state index in [1.165, 1.54) is 11.1 Å². The molecule has 0 spiro atoms. The van der Waals surface area contributed by atoms with Crippen LogP contribution >= 0.6 is 0 Å². The quantitative estimate of drug-likeness (QED) is 0.871. The van der Waals surface area contributed by atoms with Gasteiger partial charge in [-0.2, -0.15) is 0 Å². The molecule has 2 atom stereocenters. The molecule has 4 rings (SSSR count). The Bertz CT molecular complexity index is 738. The van der Waals surface area contributed by atoms with Crippen LogP contribution in [0.5, 0.6) is 5.75 Å². The summed E-state index contributed by atoms with van der Waals surface area (Å²) in [5.41, 5.74) is 2.47. The van der Waals surface area contributed by atoms with Gasteiger partial charge in [0.2, 0.25) is 5.91 Å². The van der Waals surface area contributed by atoms with Gasteiger partial charge in [-0.05, 0) is 24.6 Å². The molecule has 0 aromatic heterocycles. The van der Waals surface area contributed by atoms with Gasteiger partial charge in [0.05, 0.1) is 5.92 Å². The van der Waals surface area contributed by atoms with Crippen molar-refractivity contribution in [1.82, 2.24) is 10.6 Å². The molecule has 2 unspecified atom stereocenters. The van der Waals surface area contributed by atoms with E-state index in [0.717, 1.165) is 31.7 Å². The van der Waals surface area contributed by atoms with Crippen molar-refractivity contribution in [2.24, 2.45) is 5.92 Å². The maximum atomic E-state index is 12.7. The van der Waals surface area contributed by atoms with Crippen LogP contribution in [0.2, 0.25) is 0 Å². The number of hydrogen-bond donors (Lipinski definition) is 2. The van der Waals surface area contributed by atoms with Gasteiger partial charge in [0.15, 0.2) is 0 Å². The second kappa shape index (κ2) is 7.50. The van der Waals surface area contributed by atoms with Crippen molar-refractivity contribution in [2.75, 3.05) is 13.1 Å². The minimum absolute atomic E-state index is 0.00877. The number of carbonyl (C=O) groups excluding carboxylic acids is 1. The largest absolute Gasteiger partial charge is 0.490 e. The van der Waals surface area contributed by atoms with Crippen LogP contribution in [0.3, 0.4) is 0 Å². The third-order valence-electron chi connectivity index (χ3n) is 5.54. The molecule has 1 aliphatic carbocycles. The maximum Gasteiger partial charge on any atom is 0.225 e. The van der Waals surface area contributed by atoms with E-state index in [0.29, 0.717) is 0 Å². The van der Waals surface area contributed by atoms with E-state index in [1.807, 2.05) is 30.3 Å². The van der Waals surface area contributed by atoms with E-state index in [-0.39, 0.29) is 29.9 Å². The van der Waals surface area contributed by atoms with Crippen molar-refractivity contribution in [2.45, 2.75) is 37.8 Å². The van der Waals surface area contributed by atoms with E-state index >= 15 is 0 Å². The zero-order chi connectivity index (χ0) is 17.9. The summed E-state index contributed by atoms with van der Waals surface area (Å²) in [7, 11) is 0. The molecule has 4 nitrogen and oxygen atoms in total. The number of carbonyl (C=O) groups is 1. The molecule has 1 saturated carbocycles. The van der Waals surface area contributed by atoms with Crippen molar-refractivity contribution in [1.29, 1.82) is 0 Å². The molecule has 26 heavy (non-hydrogen) atoms. The van der Waals surface area contributed by atoms with Gasteiger partial charge in [0.1, 0.15) is 11.9 Å². The van der Waals surface area contributed by atoms with Crippen LogP contribution in [0.25, 0.3) is 0 Å². The highest BCUT2D eigenvalue weighted by molar-refractivity contribution is 5.81.